The van der Waals surface area contributed by atoms with Crippen molar-refractivity contribution >= 4 is 15.9 Å². The number of alkyl halides is 1. The first-order valence-electron chi connectivity index (χ1n) is 2.59. The molecule has 1 aliphatic carbocycles. The second kappa shape index (κ2) is 1.75. The molecule has 0 radical (unpaired) electrons. The average Bonchev–Trinajstić information content (AvgIpc) is 2.46. The predicted octanol–water partition coefficient (Wildman–Crippen LogP) is 1.12. The lowest BCUT2D eigenvalue weighted by atomic mass is 10.1. The van der Waals surface area contributed by atoms with Gasteiger partial charge in [-0.15, -0.1) is 0 Å². The second-order valence-electron chi connectivity index (χ2n) is 2.34. The Morgan fingerprint density at radius 2 is 2.14 bits per heavy atom. The van der Waals surface area contributed by atoms with Gasteiger partial charge in [-0.25, -0.2) is 0 Å². The molecule has 0 aromatic carbocycles. The highest BCUT2D eigenvalue weighted by molar-refractivity contribution is 9.09. The Hall–Kier alpha value is 0.440. The summed E-state index contributed by atoms with van der Waals surface area (Å²) in [5.74, 6) is 0. The van der Waals surface area contributed by atoms with Gasteiger partial charge in [0.05, 0.1) is 0 Å². The van der Waals surface area contributed by atoms with Gasteiger partial charge in [-0.2, -0.15) is 0 Å². The van der Waals surface area contributed by atoms with Crippen LogP contribution in [0, 0.1) is 5.41 Å². The fourth-order valence-electron chi connectivity index (χ4n) is 0.569. The first-order chi connectivity index (χ1) is 3.33. The third kappa shape index (κ3) is 0.970. The van der Waals surface area contributed by atoms with Gasteiger partial charge < -0.3 is 5.73 Å². The van der Waals surface area contributed by atoms with Crippen LogP contribution in [0.1, 0.15) is 12.8 Å². The molecule has 0 heterocycles. The van der Waals surface area contributed by atoms with Crippen LogP contribution in [0.4, 0.5) is 0 Å². The monoisotopic (exact) mass is 163 g/mol. The molecule has 1 rings (SSSR count). The van der Waals surface area contributed by atoms with Crippen LogP contribution in [0.25, 0.3) is 0 Å². The van der Waals surface area contributed by atoms with Crippen molar-refractivity contribution in [3.63, 3.8) is 0 Å². The Morgan fingerprint density at radius 3 is 2.14 bits per heavy atom. The minimum Gasteiger partial charge on any atom is -0.330 e. The number of hydrogen-bond acceptors (Lipinski definition) is 1. The molecule has 0 spiro atoms. The molecule has 7 heavy (non-hydrogen) atoms. The van der Waals surface area contributed by atoms with Crippen LogP contribution in [0.2, 0.25) is 0 Å². The summed E-state index contributed by atoms with van der Waals surface area (Å²) in [5, 5.41) is 1.09. The van der Waals surface area contributed by atoms with E-state index in [9.17, 15) is 0 Å². The van der Waals surface area contributed by atoms with Crippen molar-refractivity contribution in [2.75, 3.05) is 11.9 Å². The molecule has 2 N–H and O–H groups in total. The van der Waals surface area contributed by atoms with Crippen molar-refractivity contribution in [3.8, 4) is 0 Å². The van der Waals surface area contributed by atoms with Crippen LogP contribution < -0.4 is 5.73 Å². The highest BCUT2D eigenvalue weighted by Gasteiger charge is 2.39. The third-order valence-electron chi connectivity index (χ3n) is 1.67. The van der Waals surface area contributed by atoms with E-state index in [1.165, 1.54) is 12.8 Å². The quantitative estimate of drug-likeness (QED) is 0.608. The van der Waals surface area contributed by atoms with Gasteiger partial charge in [-0.1, -0.05) is 15.9 Å². The van der Waals surface area contributed by atoms with Gasteiger partial charge in [0.25, 0.3) is 0 Å². The van der Waals surface area contributed by atoms with Crippen LogP contribution in [-0.2, 0) is 0 Å². The largest absolute Gasteiger partial charge is 0.330 e. The van der Waals surface area contributed by atoms with E-state index in [1.54, 1.807) is 0 Å². The molecule has 0 saturated heterocycles. The van der Waals surface area contributed by atoms with Crippen LogP contribution in [0.5, 0.6) is 0 Å². The van der Waals surface area contributed by atoms with Gasteiger partial charge in [0, 0.05) is 5.33 Å². The molecule has 1 nitrogen and oxygen atoms in total. The lowest BCUT2D eigenvalue weighted by Crippen LogP contribution is -2.15. The first-order valence-corrected chi connectivity index (χ1v) is 3.71. The maximum atomic E-state index is 5.45. The van der Waals surface area contributed by atoms with E-state index >= 15 is 0 Å². The molecular weight excluding hydrogens is 154 g/mol. The van der Waals surface area contributed by atoms with Crippen molar-refractivity contribution in [2.24, 2.45) is 11.1 Å². The zero-order chi connectivity index (χ0) is 5.33. The number of rotatable bonds is 2. The topological polar surface area (TPSA) is 26.0 Å². The molecule has 0 atom stereocenters. The lowest BCUT2D eigenvalue weighted by molar-refractivity contribution is 0.605. The summed E-state index contributed by atoms with van der Waals surface area (Å²) < 4.78 is 0. The van der Waals surface area contributed by atoms with E-state index in [2.05, 4.69) is 15.9 Å². The number of halogens is 1. The minimum absolute atomic E-state index is 0.528. The van der Waals surface area contributed by atoms with Gasteiger partial charge in [0.2, 0.25) is 0 Å². The van der Waals surface area contributed by atoms with Crippen LogP contribution in [0.15, 0.2) is 0 Å². The zero-order valence-corrected chi connectivity index (χ0v) is 5.87. The zero-order valence-electron chi connectivity index (χ0n) is 4.28. The van der Waals surface area contributed by atoms with Crippen LogP contribution in [0.3, 0.4) is 0 Å². The third-order valence-corrected chi connectivity index (χ3v) is 2.86. The minimum atomic E-state index is 0.528. The Labute approximate surface area is 52.4 Å². The van der Waals surface area contributed by atoms with Crippen molar-refractivity contribution in [1.82, 2.24) is 0 Å². The molecular formula is C5H10BrN. The Bertz CT molecular complexity index is 62.5. The molecule has 0 aliphatic heterocycles. The van der Waals surface area contributed by atoms with Crippen LogP contribution >= 0.6 is 15.9 Å². The van der Waals surface area contributed by atoms with E-state index in [-0.39, 0.29) is 0 Å². The van der Waals surface area contributed by atoms with E-state index in [0.717, 1.165) is 11.9 Å². The molecule has 1 saturated carbocycles. The molecule has 0 amide bonds. The number of hydrogen-bond donors (Lipinski definition) is 1. The van der Waals surface area contributed by atoms with E-state index in [1.807, 2.05) is 0 Å². The summed E-state index contributed by atoms with van der Waals surface area (Å²) >= 11 is 3.41. The number of nitrogens with two attached hydrogens (primary N) is 1. The summed E-state index contributed by atoms with van der Waals surface area (Å²) in [5.41, 5.74) is 5.98. The molecule has 0 bridgehead atoms. The summed E-state index contributed by atoms with van der Waals surface area (Å²) in [6.45, 7) is 0.859. The Morgan fingerprint density at radius 1 is 1.57 bits per heavy atom. The van der Waals surface area contributed by atoms with Crippen molar-refractivity contribution < 1.29 is 0 Å². The van der Waals surface area contributed by atoms with E-state index < -0.39 is 0 Å². The van der Waals surface area contributed by atoms with Gasteiger partial charge in [0.15, 0.2) is 0 Å². The Kier molecular flexibility index (Phi) is 1.39. The maximum absolute atomic E-state index is 5.45. The fourth-order valence-corrected chi connectivity index (χ4v) is 1.36. The average molecular weight is 164 g/mol. The molecule has 0 aromatic heterocycles. The van der Waals surface area contributed by atoms with Crippen molar-refractivity contribution in [2.45, 2.75) is 12.8 Å². The lowest BCUT2D eigenvalue weighted by Gasteiger charge is -2.03. The van der Waals surface area contributed by atoms with Crippen molar-refractivity contribution in [3.05, 3.63) is 0 Å². The smallest absolute Gasteiger partial charge is 0.01000 e. The van der Waals surface area contributed by atoms with E-state index in [4.69, 9.17) is 5.73 Å². The molecule has 0 aromatic rings. The SMILES string of the molecule is NCC1(CBr)CC1. The summed E-state index contributed by atoms with van der Waals surface area (Å²) in [7, 11) is 0. The highest BCUT2D eigenvalue weighted by atomic mass is 79.9. The molecule has 1 fully saturated rings. The predicted molar refractivity (Wildman–Crippen MR) is 34.5 cm³/mol. The van der Waals surface area contributed by atoms with Gasteiger partial charge >= 0.3 is 0 Å². The molecule has 1 aliphatic rings. The summed E-state index contributed by atoms with van der Waals surface area (Å²) in [4.78, 5) is 0. The summed E-state index contributed by atoms with van der Waals surface area (Å²) in [6, 6.07) is 0. The normalized spacial score (nSPS) is 24.9. The fraction of sp³-hybridized carbons (Fsp3) is 1.00. The molecule has 2 heteroatoms. The van der Waals surface area contributed by atoms with Gasteiger partial charge in [-0.05, 0) is 24.8 Å². The van der Waals surface area contributed by atoms with Gasteiger partial charge in [0.1, 0.15) is 0 Å². The summed E-state index contributed by atoms with van der Waals surface area (Å²) in [6.07, 6.45) is 2.66. The standard InChI is InChI=1S/C5H10BrN/c6-3-5(4-7)1-2-5/h1-4,7H2. The first kappa shape index (κ1) is 5.57. The van der Waals surface area contributed by atoms with Crippen LogP contribution in [-0.4, -0.2) is 11.9 Å². The highest BCUT2D eigenvalue weighted by Crippen LogP contribution is 2.45. The van der Waals surface area contributed by atoms with Gasteiger partial charge in [-0.3, -0.25) is 0 Å². The van der Waals surface area contributed by atoms with Crippen molar-refractivity contribution in [1.29, 1.82) is 0 Å². The maximum Gasteiger partial charge on any atom is 0.01000 e. The Balaban J connectivity index is 2.28. The molecule has 0 unspecified atom stereocenters. The van der Waals surface area contributed by atoms with E-state index in [0.29, 0.717) is 5.41 Å². The second-order valence-corrected chi connectivity index (χ2v) is 2.90. The molecule has 42 valence electrons.